The maximum absolute atomic E-state index is 13.7. The van der Waals surface area contributed by atoms with Gasteiger partial charge in [-0.2, -0.15) is 0 Å². The normalized spacial score (nSPS) is 12.7. The fourth-order valence-corrected chi connectivity index (χ4v) is 2.93. The molecule has 2 rings (SSSR count). The number of halogens is 1. The molecule has 4 heteroatoms. The van der Waals surface area contributed by atoms with Crippen LogP contribution < -0.4 is 0 Å². The third-order valence-corrected chi connectivity index (χ3v) is 4.15. The van der Waals surface area contributed by atoms with Gasteiger partial charge in [0.2, 0.25) is 0 Å². The third kappa shape index (κ3) is 2.76. The molecule has 0 aliphatic rings. The van der Waals surface area contributed by atoms with E-state index in [4.69, 9.17) is 0 Å². The van der Waals surface area contributed by atoms with Crippen molar-refractivity contribution in [1.29, 1.82) is 0 Å². The highest BCUT2D eigenvalue weighted by molar-refractivity contribution is 7.11. The van der Waals surface area contributed by atoms with Gasteiger partial charge in [-0.1, -0.05) is 18.2 Å². The molecule has 0 fully saturated rings. The van der Waals surface area contributed by atoms with Crippen molar-refractivity contribution >= 4 is 11.3 Å². The van der Waals surface area contributed by atoms with Gasteiger partial charge in [-0.3, -0.25) is 0 Å². The largest absolute Gasteiger partial charge is 0.396 e. The molecule has 0 radical (unpaired) electrons. The SMILES string of the molecule is Cc1nc(CC(CO)c2ccccc2F)sc1C. The van der Waals surface area contributed by atoms with Crippen LogP contribution in [0.5, 0.6) is 0 Å². The van der Waals surface area contributed by atoms with Crippen molar-refractivity contribution in [1.82, 2.24) is 4.98 Å². The summed E-state index contributed by atoms with van der Waals surface area (Å²) in [6, 6.07) is 6.60. The van der Waals surface area contributed by atoms with E-state index in [9.17, 15) is 9.50 Å². The number of hydrogen-bond acceptors (Lipinski definition) is 3. The first-order chi connectivity index (χ1) is 8.61. The van der Waals surface area contributed by atoms with E-state index in [0.717, 1.165) is 10.7 Å². The minimum Gasteiger partial charge on any atom is -0.396 e. The molecule has 2 aromatic rings. The van der Waals surface area contributed by atoms with E-state index in [1.165, 1.54) is 10.9 Å². The van der Waals surface area contributed by atoms with Gasteiger partial charge in [0.1, 0.15) is 5.82 Å². The molecule has 1 atom stereocenters. The van der Waals surface area contributed by atoms with Gasteiger partial charge in [-0.25, -0.2) is 9.37 Å². The third-order valence-electron chi connectivity index (χ3n) is 3.06. The highest BCUT2D eigenvalue weighted by Crippen LogP contribution is 2.26. The van der Waals surface area contributed by atoms with Crippen molar-refractivity contribution in [2.45, 2.75) is 26.2 Å². The van der Waals surface area contributed by atoms with Crippen LogP contribution in [-0.4, -0.2) is 16.7 Å². The van der Waals surface area contributed by atoms with Crippen molar-refractivity contribution < 1.29 is 9.50 Å². The molecule has 0 spiro atoms. The first-order valence-corrected chi connectivity index (χ1v) is 6.71. The predicted molar refractivity (Wildman–Crippen MR) is 71.5 cm³/mol. The minimum absolute atomic E-state index is 0.0708. The Labute approximate surface area is 110 Å². The van der Waals surface area contributed by atoms with Gasteiger partial charge in [0.25, 0.3) is 0 Å². The highest BCUT2D eigenvalue weighted by Gasteiger charge is 2.17. The van der Waals surface area contributed by atoms with Gasteiger partial charge in [-0.15, -0.1) is 11.3 Å². The van der Waals surface area contributed by atoms with Crippen LogP contribution in [0.15, 0.2) is 24.3 Å². The van der Waals surface area contributed by atoms with Gasteiger partial charge in [0.05, 0.1) is 17.3 Å². The Morgan fingerprint density at radius 2 is 2.06 bits per heavy atom. The number of rotatable bonds is 4. The Hall–Kier alpha value is -1.26. The molecule has 0 aliphatic heterocycles. The van der Waals surface area contributed by atoms with Crippen LogP contribution >= 0.6 is 11.3 Å². The Bertz CT molecular complexity index is 519. The molecule has 18 heavy (non-hydrogen) atoms. The van der Waals surface area contributed by atoms with Crippen LogP contribution in [-0.2, 0) is 6.42 Å². The average molecular weight is 265 g/mol. The molecule has 1 N–H and O–H groups in total. The summed E-state index contributed by atoms with van der Waals surface area (Å²) in [5.41, 5.74) is 1.57. The lowest BCUT2D eigenvalue weighted by molar-refractivity contribution is 0.261. The minimum atomic E-state index is -0.262. The first kappa shape index (κ1) is 13.2. The van der Waals surface area contributed by atoms with E-state index in [1.54, 1.807) is 29.5 Å². The Balaban J connectivity index is 2.22. The van der Waals surface area contributed by atoms with E-state index < -0.39 is 0 Å². The van der Waals surface area contributed by atoms with Crippen LogP contribution in [0, 0.1) is 19.7 Å². The molecule has 0 saturated carbocycles. The smallest absolute Gasteiger partial charge is 0.126 e. The van der Waals surface area contributed by atoms with E-state index in [2.05, 4.69) is 4.98 Å². The lowest BCUT2D eigenvalue weighted by Crippen LogP contribution is -2.09. The molecule has 1 aromatic heterocycles. The van der Waals surface area contributed by atoms with Crippen molar-refractivity contribution in [3.05, 3.63) is 51.2 Å². The predicted octanol–water partition coefficient (Wildman–Crippen LogP) is 3.22. The zero-order valence-electron chi connectivity index (χ0n) is 10.5. The molecule has 96 valence electrons. The Kier molecular flexibility index (Phi) is 4.09. The molecule has 0 amide bonds. The topological polar surface area (TPSA) is 33.1 Å². The van der Waals surface area contributed by atoms with Crippen LogP contribution in [0.25, 0.3) is 0 Å². The highest BCUT2D eigenvalue weighted by atomic mass is 32.1. The second kappa shape index (κ2) is 5.59. The maximum Gasteiger partial charge on any atom is 0.126 e. The molecular weight excluding hydrogens is 249 g/mol. The summed E-state index contributed by atoms with van der Waals surface area (Å²) in [5, 5.41) is 10.4. The van der Waals surface area contributed by atoms with Crippen molar-refractivity contribution in [3.63, 3.8) is 0 Å². The molecule has 1 unspecified atom stereocenters. The van der Waals surface area contributed by atoms with E-state index in [0.29, 0.717) is 12.0 Å². The number of nitrogens with zero attached hydrogens (tertiary/aromatic N) is 1. The van der Waals surface area contributed by atoms with E-state index >= 15 is 0 Å². The fraction of sp³-hybridized carbons (Fsp3) is 0.357. The van der Waals surface area contributed by atoms with E-state index in [-0.39, 0.29) is 18.3 Å². The Morgan fingerprint density at radius 1 is 1.33 bits per heavy atom. The average Bonchev–Trinajstić information content (AvgIpc) is 2.66. The quantitative estimate of drug-likeness (QED) is 0.920. The summed E-state index contributed by atoms with van der Waals surface area (Å²) in [7, 11) is 0. The molecule has 0 aliphatic carbocycles. The molecule has 1 heterocycles. The number of aliphatic hydroxyl groups is 1. The molecule has 2 nitrogen and oxygen atoms in total. The number of thiazole rings is 1. The van der Waals surface area contributed by atoms with Gasteiger partial charge in [-0.05, 0) is 25.5 Å². The van der Waals surface area contributed by atoms with Crippen molar-refractivity contribution in [3.8, 4) is 0 Å². The summed E-state index contributed by atoms with van der Waals surface area (Å²) in [6.45, 7) is 3.92. The summed E-state index contributed by atoms with van der Waals surface area (Å²) < 4.78 is 13.7. The summed E-state index contributed by atoms with van der Waals surface area (Å²) in [4.78, 5) is 5.61. The number of aryl methyl sites for hydroxylation is 2. The standard InChI is InChI=1S/C14H16FNOS/c1-9-10(2)18-14(16-9)7-11(8-17)12-5-3-4-6-13(12)15/h3-6,11,17H,7-8H2,1-2H3. The van der Waals surface area contributed by atoms with Crippen LogP contribution in [0.3, 0.4) is 0 Å². The summed E-state index contributed by atoms with van der Waals surface area (Å²) in [5.74, 6) is -0.488. The monoisotopic (exact) mass is 265 g/mol. The number of hydrogen-bond donors (Lipinski definition) is 1. The summed E-state index contributed by atoms with van der Waals surface area (Å²) in [6.07, 6.45) is 0.580. The second-order valence-corrected chi connectivity index (χ2v) is 5.64. The lowest BCUT2D eigenvalue weighted by atomic mass is 9.96. The van der Waals surface area contributed by atoms with Crippen molar-refractivity contribution in [2.75, 3.05) is 6.61 Å². The molecule has 0 bridgehead atoms. The molecule has 0 saturated heterocycles. The zero-order chi connectivity index (χ0) is 13.1. The number of aliphatic hydroxyl groups excluding tert-OH is 1. The summed E-state index contributed by atoms with van der Waals surface area (Å²) >= 11 is 1.61. The zero-order valence-corrected chi connectivity index (χ0v) is 11.3. The van der Waals surface area contributed by atoms with Gasteiger partial charge in [0, 0.05) is 17.2 Å². The Morgan fingerprint density at radius 3 is 2.61 bits per heavy atom. The molecular formula is C14H16FNOS. The second-order valence-electron chi connectivity index (χ2n) is 4.35. The molecule has 1 aromatic carbocycles. The lowest BCUT2D eigenvalue weighted by Gasteiger charge is -2.13. The maximum atomic E-state index is 13.7. The van der Waals surface area contributed by atoms with Crippen LogP contribution in [0.4, 0.5) is 4.39 Å². The fourth-order valence-electron chi connectivity index (χ4n) is 1.92. The number of aromatic nitrogens is 1. The van der Waals surface area contributed by atoms with Crippen LogP contribution in [0.1, 0.15) is 27.1 Å². The van der Waals surface area contributed by atoms with Gasteiger partial charge in [0.15, 0.2) is 0 Å². The van der Waals surface area contributed by atoms with Gasteiger partial charge < -0.3 is 5.11 Å². The van der Waals surface area contributed by atoms with E-state index in [1.807, 2.05) is 13.8 Å². The number of benzene rings is 1. The van der Waals surface area contributed by atoms with Crippen LogP contribution in [0.2, 0.25) is 0 Å². The van der Waals surface area contributed by atoms with Gasteiger partial charge >= 0.3 is 0 Å². The van der Waals surface area contributed by atoms with Crippen molar-refractivity contribution in [2.24, 2.45) is 0 Å². The first-order valence-electron chi connectivity index (χ1n) is 5.90.